The van der Waals surface area contributed by atoms with E-state index in [2.05, 4.69) is 4.98 Å². The van der Waals surface area contributed by atoms with Crippen molar-refractivity contribution in [2.45, 2.75) is 12.6 Å². The standard InChI is InChI=1S/C18H12F3NO2S/c19-18(20,21)14-6-2-4-12(9-14)15-10-25-16(22-15)8-11-3-1-5-13(7-11)17(23)24/h1-7,9-10H,8H2,(H,23,24). The third-order valence-corrected chi connectivity index (χ3v) is 4.42. The highest BCUT2D eigenvalue weighted by Gasteiger charge is 2.30. The predicted molar refractivity (Wildman–Crippen MR) is 88.8 cm³/mol. The number of nitrogens with zero attached hydrogens (tertiary/aromatic N) is 1. The smallest absolute Gasteiger partial charge is 0.416 e. The van der Waals surface area contributed by atoms with Crippen LogP contribution in [0, 0.1) is 0 Å². The summed E-state index contributed by atoms with van der Waals surface area (Å²) in [6, 6.07) is 11.5. The topological polar surface area (TPSA) is 50.2 Å². The van der Waals surface area contributed by atoms with Gasteiger partial charge in [-0.05, 0) is 29.8 Å². The number of alkyl halides is 3. The van der Waals surface area contributed by atoms with E-state index in [0.717, 1.165) is 17.7 Å². The van der Waals surface area contributed by atoms with Gasteiger partial charge in [0.05, 0.1) is 21.8 Å². The second-order valence-corrected chi connectivity index (χ2v) is 6.33. The Morgan fingerprint density at radius 1 is 1.12 bits per heavy atom. The van der Waals surface area contributed by atoms with Crippen molar-refractivity contribution in [2.24, 2.45) is 0 Å². The van der Waals surface area contributed by atoms with Crippen molar-refractivity contribution in [2.75, 3.05) is 0 Å². The van der Waals surface area contributed by atoms with Crippen molar-refractivity contribution in [1.29, 1.82) is 0 Å². The number of halogens is 3. The molecular weight excluding hydrogens is 351 g/mol. The van der Waals surface area contributed by atoms with Crippen molar-refractivity contribution >= 4 is 17.3 Å². The van der Waals surface area contributed by atoms with Crippen molar-refractivity contribution in [1.82, 2.24) is 4.98 Å². The van der Waals surface area contributed by atoms with E-state index in [1.807, 2.05) is 0 Å². The van der Waals surface area contributed by atoms with E-state index >= 15 is 0 Å². The highest BCUT2D eigenvalue weighted by molar-refractivity contribution is 7.10. The molecule has 0 aliphatic carbocycles. The Morgan fingerprint density at radius 2 is 1.88 bits per heavy atom. The molecule has 0 atom stereocenters. The molecule has 0 aliphatic heterocycles. The molecule has 0 bridgehead atoms. The average Bonchev–Trinajstić information content (AvgIpc) is 3.03. The van der Waals surface area contributed by atoms with Crippen molar-refractivity contribution in [3.63, 3.8) is 0 Å². The number of carboxylic acid groups (broad SMARTS) is 1. The monoisotopic (exact) mass is 363 g/mol. The van der Waals surface area contributed by atoms with Gasteiger partial charge in [-0.15, -0.1) is 11.3 Å². The Labute approximate surface area is 145 Å². The van der Waals surface area contributed by atoms with Gasteiger partial charge >= 0.3 is 12.1 Å². The zero-order valence-electron chi connectivity index (χ0n) is 12.7. The van der Waals surface area contributed by atoms with Crippen LogP contribution >= 0.6 is 11.3 Å². The molecule has 0 amide bonds. The summed E-state index contributed by atoms with van der Waals surface area (Å²) in [5.41, 5.74) is 1.13. The lowest BCUT2D eigenvalue weighted by Gasteiger charge is -2.07. The van der Waals surface area contributed by atoms with Crippen LogP contribution in [-0.4, -0.2) is 16.1 Å². The van der Waals surface area contributed by atoms with Crippen molar-refractivity contribution < 1.29 is 23.1 Å². The minimum Gasteiger partial charge on any atom is -0.478 e. The maximum absolute atomic E-state index is 12.8. The van der Waals surface area contributed by atoms with Crippen LogP contribution in [0.2, 0.25) is 0 Å². The average molecular weight is 363 g/mol. The molecule has 2 aromatic carbocycles. The quantitative estimate of drug-likeness (QED) is 0.700. The van der Waals surface area contributed by atoms with Crippen LogP contribution in [-0.2, 0) is 12.6 Å². The van der Waals surface area contributed by atoms with Crippen LogP contribution in [0.1, 0.15) is 26.5 Å². The third-order valence-electron chi connectivity index (χ3n) is 3.57. The SMILES string of the molecule is O=C(O)c1cccc(Cc2nc(-c3cccc(C(F)(F)F)c3)cs2)c1. The summed E-state index contributed by atoms with van der Waals surface area (Å²) in [5, 5.41) is 11.4. The number of aromatic nitrogens is 1. The first kappa shape index (κ1) is 17.2. The van der Waals surface area contributed by atoms with Gasteiger partial charge < -0.3 is 5.11 Å². The minimum atomic E-state index is -4.40. The second-order valence-electron chi connectivity index (χ2n) is 5.39. The van der Waals surface area contributed by atoms with Crippen LogP contribution in [0.15, 0.2) is 53.9 Å². The number of benzene rings is 2. The highest BCUT2D eigenvalue weighted by Crippen LogP contribution is 2.32. The van der Waals surface area contributed by atoms with Gasteiger partial charge in [0, 0.05) is 17.4 Å². The summed E-state index contributed by atoms with van der Waals surface area (Å²) < 4.78 is 38.4. The van der Waals surface area contributed by atoms with E-state index in [9.17, 15) is 18.0 Å². The summed E-state index contributed by atoms with van der Waals surface area (Å²) >= 11 is 1.33. The molecular formula is C18H12F3NO2S. The summed E-state index contributed by atoms with van der Waals surface area (Å²) in [6.45, 7) is 0. The minimum absolute atomic E-state index is 0.187. The molecule has 25 heavy (non-hydrogen) atoms. The summed E-state index contributed by atoms with van der Waals surface area (Å²) in [4.78, 5) is 15.4. The number of rotatable bonds is 4. The molecule has 3 nitrogen and oxygen atoms in total. The van der Waals surface area contributed by atoms with Gasteiger partial charge in [0.15, 0.2) is 0 Å². The maximum Gasteiger partial charge on any atom is 0.416 e. The molecule has 0 unspecified atom stereocenters. The Morgan fingerprint density at radius 3 is 2.60 bits per heavy atom. The van der Waals surface area contributed by atoms with E-state index in [1.165, 1.54) is 23.5 Å². The molecule has 0 saturated carbocycles. The molecule has 1 N–H and O–H groups in total. The molecule has 0 saturated heterocycles. The Kier molecular flexibility index (Phi) is 4.59. The van der Waals surface area contributed by atoms with Crippen molar-refractivity contribution in [3.05, 3.63) is 75.6 Å². The number of carboxylic acids is 1. The fourth-order valence-electron chi connectivity index (χ4n) is 2.37. The highest BCUT2D eigenvalue weighted by atomic mass is 32.1. The fraction of sp³-hybridized carbons (Fsp3) is 0.111. The van der Waals surface area contributed by atoms with Crippen LogP contribution < -0.4 is 0 Å². The van der Waals surface area contributed by atoms with Gasteiger partial charge in [0.2, 0.25) is 0 Å². The van der Waals surface area contributed by atoms with E-state index in [4.69, 9.17) is 5.11 Å². The summed E-state index contributed by atoms with van der Waals surface area (Å²) in [6.07, 6.45) is -3.98. The molecule has 1 heterocycles. The van der Waals surface area contributed by atoms with E-state index < -0.39 is 17.7 Å². The molecule has 128 valence electrons. The molecule has 0 radical (unpaired) electrons. The van der Waals surface area contributed by atoms with Gasteiger partial charge in [0.25, 0.3) is 0 Å². The first-order valence-corrected chi connectivity index (χ1v) is 8.15. The van der Waals surface area contributed by atoms with Crippen LogP contribution in [0.5, 0.6) is 0 Å². The van der Waals surface area contributed by atoms with E-state index in [1.54, 1.807) is 29.6 Å². The van der Waals surface area contributed by atoms with Gasteiger partial charge in [-0.25, -0.2) is 9.78 Å². The molecule has 7 heteroatoms. The third kappa shape index (κ3) is 4.06. The van der Waals surface area contributed by atoms with Crippen LogP contribution in [0.4, 0.5) is 13.2 Å². The molecule has 1 aromatic heterocycles. The Balaban J connectivity index is 1.84. The van der Waals surface area contributed by atoms with Crippen LogP contribution in [0.25, 0.3) is 11.3 Å². The summed E-state index contributed by atoms with van der Waals surface area (Å²) in [5.74, 6) is -1.01. The lowest BCUT2D eigenvalue weighted by atomic mass is 10.1. The molecule has 3 aromatic rings. The molecule has 0 fully saturated rings. The van der Waals surface area contributed by atoms with E-state index in [-0.39, 0.29) is 5.56 Å². The maximum atomic E-state index is 12.8. The number of aromatic carboxylic acids is 1. The molecule has 3 rings (SSSR count). The van der Waals surface area contributed by atoms with Crippen molar-refractivity contribution in [3.8, 4) is 11.3 Å². The van der Waals surface area contributed by atoms with Gasteiger partial charge in [-0.1, -0.05) is 24.3 Å². The normalized spacial score (nSPS) is 11.5. The van der Waals surface area contributed by atoms with Gasteiger partial charge in [-0.3, -0.25) is 0 Å². The lowest BCUT2D eigenvalue weighted by molar-refractivity contribution is -0.137. The largest absolute Gasteiger partial charge is 0.478 e. The number of hydrogen-bond donors (Lipinski definition) is 1. The number of carbonyl (C=O) groups is 1. The Hall–Kier alpha value is -2.67. The van der Waals surface area contributed by atoms with Crippen LogP contribution in [0.3, 0.4) is 0 Å². The second kappa shape index (κ2) is 6.68. The fourth-order valence-corrected chi connectivity index (χ4v) is 3.21. The predicted octanol–water partition coefficient (Wildman–Crippen LogP) is 5.12. The summed E-state index contributed by atoms with van der Waals surface area (Å²) in [7, 11) is 0. The first-order chi connectivity index (χ1) is 11.8. The zero-order valence-corrected chi connectivity index (χ0v) is 13.6. The number of thiazole rings is 1. The van der Waals surface area contributed by atoms with E-state index in [0.29, 0.717) is 22.7 Å². The molecule has 0 spiro atoms. The van der Waals surface area contributed by atoms with Gasteiger partial charge in [0.1, 0.15) is 0 Å². The lowest BCUT2D eigenvalue weighted by Crippen LogP contribution is -2.04. The zero-order chi connectivity index (χ0) is 18.0. The number of hydrogen-bond acceptors (Lipinski definition) is 3. The first-order valence-electron chi connectivity index (χ1n) is 7.27. The van der Waals surface area contributed by atoms with Gasteiger partial charge in [-0.2, -0.15) is 13.2 Å². The molecule has 0 aliphatic rings. The Bertz CT molecular complexity index is 918.